The predicted octanol–water partition coefficient (Wildman–Crippen LogP) is 4.85. The average molecular weight is 358 g/mol. The molecule has 0 saturated heterocycles. The number of anilines is 1. The van der Waals surface area contributed by atoms with Gasteiger partial charge in [-0.15, -0.1) is 0 Å². The Balaban J connectivity index is 1.70. The van der Waals surface area contributed by atoms with Crippen LogP contribution in [0.15, 0.2) is 78.9 Å². The Labute approximate surface area is 159 Å². The van der Waals surface area contributed by atoms with Gasteiger partial charge in [0, 0.05) is 12.2 Å². The summed E-state index contributed by atoms with van der Waals surface area (Å²) in [6.45, 7) is 3.14. The van der Waals surface area contributed by atoms with Gasteiger partial charge in [-0.05, 0) is 42.3 Å². The van der Waals surface area contributed by atoms with Crippen molar-refractivity contribution in [2.45, 2.75) is 19.6 Å². The number of fused-ring (bicyclic) bond motifs is 1. The number of nitrogens with zero attached hydrogens (tertiary/aromatic N) is 1. The Bertz CT molecular complexity index is 923. The van der Waals surface area contributed by atoms with Gasteiger partial charge in [0.15, 0.2) is 0 Å². The van der Waals surface area contributed by atoms with Crippen LogP contribution >= 0.6 is 0 Å². The summed E-state index contributed by atoms with van der Waals surface area (Å²) in [6, 6.07) is 25.7. The highest BCUT2D eigenvalue weighted by atomic mass is 16.5. The Morgan fingerprint density at radius 3 is 2.37 bits per heavy atom. The summed E-state index contributed by atoms with van der Waals surface area (Å²) in [4.78, 5) is 15.1. The third-order valence-electron chi connectivity index (χ3n) is 4.72. The largest absolute Gasteiger partial charge is 0.494 e. The van der Waals surface area contributed by atoms with E-state index in [1.807, 2.05) is 90.7 Å². The lowest BCUT2D eigenvalue weighted by atomic mass is 10.0. The molecule has 1 heterocycles. The molecule has 0 spiro atoms. The fourth-order valence-electron chi connectivity index (χ4n) is 3.41. The zero-order valence-corrected chi connectivity index (χ0v) is 15.3. The van der Waals surface area contributed by atoms with Crippen LogP contribution in [-0.2, 0) is 6.54 Å². The highest BCUT2D eigenvalue weighted by Gasteiger charge is 2.32. The van der Waals surface area contributed by atoms with Crippen LogP contribution in [-0.4, -0.2) is 17.4 Å². The van der Waals surface area contributed by atoms with E-state index < -0.39 is 0 Å². The molecular formula is C23H22N2O2. The zero-order chi connectivity index (χ0) is 18.6. The monoisotopic (exact) mass is 358 g/mol. The maximum absolute atomic E-state index is 13.2. The molecule has 27 heavy (non-hydrogen) atoms. The van der Waals surface area contributed by atoms with Crippen LogP contribution in [0.3, 0.4) is 0 Å². The van der Waals surface area contributed by atoms with Gasteiger partial charge in [-0.3, -0.25) is 4.79 Å². The molecule has 0 radical (unpaired) electrons. The molecule has 1 N–H and O–H groups in total. The van der Waals surface area contributed by atoms with Crippen molar-refractivity contribution >= 4 is 11.6 Å². The molecule has 0 aliphatic carbocycles. The molecule has 4 nitrogen and oxygen atoms in total. The number of para-hydroxylation sites is 1. The number of hydrogen-bond acceptors (Lipinski definition) is 3. The Morgan fingerprint density at radius 2 is 1.63 bits per heavy atom. The number of ether oxygens (including phenoxy) is 1. The van der Waals surface area contributed by atoms with Crippen molar-refractivity contribution in [2.24, 2.45) is 0 Å². The lowest BCUT2D eigenvalue weighted by Gasteiger charge is -2.38. The van der Waals surface area contributed by atoms with Gasteiger partial charge in [-0.1, -0.05) is 54.6 Å². The van der Waals surface area contributed by atoms with E-state index >= 15 is 0 Å². The third-order valence-corrected chi connectivity index (χ3v) is 4.72. The van der Waals surface area contributed by atoms with Crippen molar-refractivity contribution in [1.82, 2.24) is 4.90 Å². The molecule has 3 aromatic rings. The van der Waals surface area contributed by atoms with Crippen LogP contribution in [0.2, 0.25) is 0 Å². The molecule has 0 fully saturated rings. The zero-order valence-electron chi connectivity index (χ0n) is 15.3. The van der Waals surface area contributed by atoms with E-state index in [-0.39, 0.29) is 12.1 Å². The second-order valence-electron chi connectivity index (χ2n) is 6.51. The molecule has 1 atom stereocenters. The van der Waals surface area contributed by atoms with E-state index in [4.69, 9.17) is 4.74 Å². The van der Waals surface area contributed by atoms with E-state index in [0.29, 0.717) is 18.7 Å². The second-order valence-corrected chi connectivity index (χ2v) is 6.51. The summed E-state index contributed by atoms with van der Waals surface area (Å²) in [5.74, 6) is 0.866. The molecule has 4 rings (SSSR count). The highest BCUT2D eigenvalue weighted by molar-refractivity contribution is 6.01. The van der Waals surface area contributed by atoms with Crippen LogP contribution in [0, 0.1) is 0 Å². The molecule has 136 valence electrons. The number of amides is 1. The van der Waals surface area contributed by atoms with Crippen molar-refractivity contribution in [2.75, 3.05) is 11.9 Å². The molecule has 0 bridgehead atoms. The molecule has 0 aromatic heterocycles. The predicted molar refractivity (Wildman–Crippen MR) is 107 cm³/mol. The standard InChI is InChI=1S/C23H22N2O2/c1-2-27-19-14-12-18(13-15-19)22-24-21-11-7-6-10-20(21)23(26)25(22)16-17-8-4-3-5-9-17/h3-15,22,24H,2,16H2,1H3/t22-/m0/s1. The van der Waals surface area contributed by atoms with Gasteiger partial charge < -0.3 is 15.0 Å². The first kappa shape index (κ1) is 17.2. The molecule has 3 aromatic carbocycles. The summed E-state index contributed by atoms with van der Waals surface area (Å²) in [5, 5.41) is 3.53. The smallest absolute Gasteiger partial charge is 0.258 e. The first-order valence-corrected chi connectivity index (χ1v) is 9.19. The minimum absolute atomic E-state index is 0.0343. The van der Waals surface area contributed by atoms with Crippen LogP contribution in [0.1, 0.15) is 34.6 Å². The number of nitrogens with one attached hydrogen (secondary N) is 1. The lowest BCUT2D eigenvalue weighted by Crippen LogP contribution is -2.42. The summed E-state index contributed by atoms with van der Waals surface area (Å²) < 4.78 is 5.55. The maximum Gasteiger partial charge on any atom is 0.258 e. The first-order chi connectivity index (χ1) is 13.3. The van der Waals surface area contributed by atoms with E-state index in [0.717, 1.165) is 22.6 Å². The molecule has 4 heteroatoms. The van der Waals surface area contributed by atoms with E-state index in [1.54, 1.807) is 0 Å². The topological polar surface area (TPSA) is 41.6 Å². The fraction of sp³-hybridized carbons (Fsp3) is 0.174. The van der Waals surface area contributed by atoms with Crippen molar-refractivity contribution in [3.05, 3.63) is 95.6 Å². The van der Waals surface area contributed by atoms with Crippen LogP contribution in [0.25, 0.3) is 0 Å². The number of carbonyl (C=O) groups is 1. The van der Waals surface area contributed by atoms with Gasteiger partial charge in [0.05, 0.1) is 12.2 Å². The third kappa shape index (κ3) is 3.51. The second kappa shape index (κ2) is 7.54. The Kier molecular flexibility index (Phi) is 4.79. The van der Waals surface area contributed by atoms with Crippen LogP contribution in [0.5, 0.6) is 5.75 Å². The SMILES string of the molecule is CCOc1ccc([C@H]2Nc3ccccc3C(=O)N2Cc2ccccc2)cc1. The lowest BCUT2D eigenvalue weighted by molar-refractivity contribution is 0.0666. The summed E-state index contributed by atoms with van der Waals surface area (Å²) in [6.07, 6.45) is -0.233. The number of benzene rings is 3. The quantitative estimate of drug-likeness (QED) is 0.709. The van der Waals surface area contributed by atoms with Gasteiger partial charge in [0.25, 0.3) is 5.91 Å². The number of carbonyl (C=O) groups excluding carboxylic acids is 1. The molecule has 1 aliphatic rings. The molecular weight excluding hydrogens is 336 g/mol. The average Bonchev–Trinajstić information content (AvgIpc) is 2.72. The normalized spacial score (nSPS) is 15.8. The van der Waals surface area contributed by atoms with Gasteiger partial charge in [-0.2, -0.15) is 0 Å². The summed E-state index contributed by atoms with van der Waals surface area (Å²) in [5.41, 5.74) is 3.70. The Hall–Kier alpha value is -3.27. The van der Waals surface area contributed by atoms with Crippen molar-refractivity contribution in [3.8, 4) is 5.75 Å². The molecule has 1 amide bonds. The van der Waals surface area contributed by atoms with Crippen LogP contribution < -0.4 is 10.1 Å². The fourth-order valence-corrected chi connectivity index (χ4v) is 3.41. The Morgan fingerprint density at radius 1 is 0.926 bits per heavy atom. The highest BCUT2D eigenvalue weighted by Crippen LogP contribution is 2.34. The number of hydrogen-bond donors (Lipinski definition) is 1. The van der Waals surface area contributed by atoms with Crippen molar-refractivity contribution in [3.63, 3.8) is 0 Å². The maximum atomic E-state index is 13.2. The van der Waals surface area contributed by atoms with Gasteiger partial charge in [0.1, 0.15) is 11.9 Å². The van der Waals surface area contributed by atoms with E-state index in [1.165, 1.54) is 0 Å². The molecule has 0 unspecified atom stereocenters. The van der Waals surface area contributed by atoms with Gasteiger partial charge >= 0.3 is 0 Å². The molecule has 1 aliphatic heterocycles. The summed E-state index contributed by atoms with van der Waals surface area (Å²) in [7, 11) is 0. The van der Waals surface area contributed by atoms with Gasteiger partial charge in [-0.25, -0.2) is 0 Å². The molecule has 0 saturated carbocycles. The summed E-state index contributed by atoms with van der Waals surface area (Å²) >= 11 is 0. The van der Waals surface area contributed by atoms with E-state index in [9.17, 15) is 4.79 Å². The first-order valence-electron chi connectivity index (χ1n) is 9.19. The van der Waals surface area contributed by atoms with Crippen LogP contribution in [0.4, 0.5) is 5.69 Å². The minimum atomic E-state index is -0.233. The van der Waals surface area contributed by atoms with Crippen molar-refractivity contribution < 1.29 is 9.53 Å². The minimum Gasteiger partial charge on any atom is -0.494 e. The van der Waals surface area contributed by atoms with E-state index in [2.05, 4.69) is 5.32 Å². The number of rotatable bonds is 5. The van der Waals surface area contributed by atoms with Gasteiger partial charge in [0.2, 0.25) is 0 Å². The van der Waals surface area contributed by atoms with Crippen molar-refractivity contribution in [1.29, 1.82) is 0 Å².